The Morgan fingerprint density at radius 3 is 1.94 bits per heavy atom. The molecule has 180 valence electrons. The van der Waals surface area contributed by atoms with Crippen molar-refractivity contribution in [1.29, 1.82) is 0 Å². The summed E-state index contributed by atoms with van der Waals surface area (Å²) < 4.78 is 0. The number of nitrogens with one attached hydrogen (secondary N) is 1. The monoisotopic (exact) mass is 467 g/mol. The second-order valence-electron chi connectivity index (χ2n) is 8.64. The third-order valence-corrected chi connectivity index (χ3v) is 5.66. The number of phenols is 1. The Morgan fingerprint density at radius 1 is 0.879 bits per heavy atom. The third kappa shape index (κ3) is 17.8. The van der Waals surface area contributed by atoms with Gasteiger partial charge in [-0.05, 0) is 56.2 Å². The molecule has 0 bridgehead atoms. The number of hydrogen-bond donors (Lipinski definition) is 2. The van der Waals surface area contributed by atoms with E-state index < -0.39 is 12.0 Å². The minimum atomic E-state index is -1.30. The van der Waals surface area contributed by atoms with Crippen molar-refractivity contribution in [2.24, 2.45) is 0 Å². The van der Waals surface area contributed by atoms with Gasteiger partial charge in [-0.25, -0.2) is 0 Å². The minimum absolute atomic E-state index is 0. The van der Waals surface area contributed by atoms with Gasteiger partial charge in [0.2, 0.25) is 5.91 Å². The molecule has 0 unspecified atom stereocenters. The molecule has 1 rings (SSSR count). The van der Waals surface area contributed by atoms with Gasteiger partial charge in [-0.1, -0.05) is 82.6 Å². The van der Waals surface area contributed by atoms with Crippen LogP contribution in [-0.4, -0.2) is 23.0 Å². The molecule has 0 saturated heterocycles. The minimum Gasteiger partial charge on any atom is -0.548 e. The van der Waals surface area contributed by atoms with Gasteiger partial charge in [-0.2, -0.15) is 0 Å². The van der Waals surface area contributed by atoms with Gasteiger partial charge in [0.05, 0.1) is 12.0 Å². The Morgan fingerprint density at radius 2 is 1.39 bits per heavy atom. The molecule has 0 aliphatic rings. The molecule has 0 radical (unpaired) electrons. The number of hydrogen-bond acceptors (Lipinski definition) is 4. The van der Waals surface area contributed by atoms with E-state index in [4.69, 9.17) is 0 Å². The zero-order valence-electron chi connectivity index (χ0n) is 20.8. The van der Waals surface area contributed by atoms with Gasteiger partial charge in [0.25, 0.3) is 0 Å². The van der Waals surface area contributed by atoms with E-state index in [0.29, 0.717) is 6.42 Å². The maximum Gasteiger partial charge on any atom is 1.00 e. The topological polar surface area (TPSA) is 89.5 Å². The van der Waals surface area contributed by atoms with Gasteiger partial charge in [0, 0.05) is 6.42 Å². The number of carbonyl (C=O) groups excluding carboxylic acids is 2. The van der Waals surface area contributed by atoms with Gasteiger partial charge in [-0.3, -0.25) is 4.79 Å². The van der Waals surface area contributed by atoms with Crippen LogP contribution in [0.2, 0.25) is 0 Å². The molecule has 0 aliphatic carbocycles. The van der Waals surface area contributed by atoms with Crippen LogP contribution in [0.4, 0.5) is 0 Å². The molecular weight excluding hydrogens is 425 g/mol. The van der Waals surface area contributed by atoms with Crippen molar-refractivity contribution in [3.05, 3.63) is 42.0 Å². The standard InChI is InChI=1S/C27H43NO4.Na/c1-2-3-4-5-6-7-8-9-10-11-12-13-14-15-16-17-26(30)28-25(27(31)32)22-23-18-20-24(29)21-19-23;/h9-10,18-21,25,29H,2-8,11-17,22H2,1H3,(H,28,30)(H,31,32);/q;+1/p-1/b10-9-;/t25-;/m0./s1. The van der Waals surface area contributed by atoms with E-state index in [2.05, 4.69) is 24.4 Å². The van der Waals surface area contributed by atoms with Crippen LogP contribution >= 0.6 is 0 Å². The normalized spacial score (nSPS) is 11.8. The first-order valence-electron chi connectivity index (χ1n) is 12.5. The number of aliphatic carboxylic acids is 1. The summed E-state index contributed by atoms with van der Waals surface area (Å²) in [5.41, 5.74) is 0.721. The number of carbonyl (C=O) groups is 2. The summed E-state index contributed by atoms with van der Waals surface area (Å²) in [6, 6.07) is 5.21. The molecule has 1 amide bonds. The van der Waals surface area contributed by atoms with Gasteiger partial charge in [0.15, 0.2) is 0 Å². The molecule has 33 heavy (non-hydrogen) atoms. The molecule has 0 spiro atoms. The van der Waals surface area contributed by atoms with Crippen molar-refractivity contribution < 1.29 is 49.4 Å². The third-order valence-electron chi connectivity index (χ3n) is 5.66. The van der Waals surface area contributed by atoms with Crippen LogP contribution < -0.4 is 40.0 Å². The SMILES string of the molecule is CCCCCCCC/C=C\CCCCCCCC(=O)N[C@@H](Cc1ccc(O)cc1)C(=O)[O-].[Na+]. The molecule has 0 aliphatic heterocycles. The summed E-state index contributed by atoms with van der Waals surface area (Å²) in [6.45, 7) is 2.25. The molecule has 0 aromatic heterocycles. The maximum absolute atomic E-state index is 12.1. The number of unbranched alkanes of at least 4 members (excludes halogenated alkanes) is 11. The molecule has 0 heterocycles. The predicted octanol–water partition coefficient (Wildman–Crippen LogP) is 2.21. The average Bonchev–Trinajstić information content (AvgIpc) is 2.77. The van der Waals surface area contributed by atoms with Gasteiger partial charge < -0.3 is 20.3 Å². The Balaban J connectivity index is 0.0000102. The van der Waals surface area contributed by atoms with Crippen LogP contribution in [0.5, 0.6) is 5.75 Å². The van der Waals surface area contributed by atoms with Crippen LogP contribution in [-0.2, 0) is 16.0 Å². The van der Waals surface area contributed by atoms with Crippen molar-refractivity contribution in [3.63, 3.8) is 0 Å². The summed E-state index contributed by atoms with van der Waals surface area (Å²) in [5.74, 6) is -1.43. The van der Waals surface area contributed by atoms with E-state index in [1.807, 2.05) is 0 Å². The fraction of sp³-hybridized carbons (Fsp3) is 0.630. The second-order valence-corrected chi connectivity index (χ2v) is 8.64. The van der Waals surface area contributed by atoms with Crippen LogP contribution in [0.25, 0.3) is 0 Å². The zero-order chi connectivity index (χ0) is 23.4. The van der Waals surface area contributed by atoms with Crippen molar-refractivity contribution in [3.8, 4) is 5.75 Å². The summed E-state index contributed by atoms with van der Waals surface area (Å²) in [6.07, 6.45) is 20.6. The molecule has 1 atom stereocenters. The Bertz CT molecular complexity index is 661. The molecule has 6 heteroatoms. The van der Waals surface area contributed by atoms with E-state index in [0.717, 1.165) is 37.7 Å². The van der Waals surface area contributed by atoms with E-state index in [1.165, 1.54) is 63.5 Å². The first kappa shape index (κ1) is 31.7. The molecule has 0 fully saturated rings. The molecule has 5 nitrogen and oxygen atoms in total. The van der Waals surface area contributed by atoms with E-state index >= 15 is 0 Å². The average molecular weight is 468 g/mol. The zero-order valence-corrected chi connectivity index (χ0v) is 22.8. The smallest absolute Gasteiger partial charge is 0.548 e. The first-order valence-corrected chi connectivity index (χ1v) is 12.5. The number of aromatic hydroxyl groups is 1. The second kappa shape index (κ2) is 21.2. The number of phenolic OH excluding ortho intramolecular Hbond substituents is 1. The summed E-state index contributed by atoms with van der Waals surface area (Å²) in [7, 11) is 0. The van der Waals surface area contributed by atoms with Crippen molar-refractivity contribution >= 4 is 11.9 Å². The van der Waals surface area contributed by atoms with Crippen LogP contribution in [0.15, 0.2) is 36.4 Å². The largest absolute Gasteiger partial charge is 1.00 e. The van der Waals surface area contributed by atoms with Crippen LogP contribution in [0.3, 0.4) is 0 Å². The number of rotatable bonds is 19. The van der Waals surface area contributed by atoms with E-state index in [9.17, 15) is 19.8 Å². The summed E-state index contributed by atoms with van der Waals surface area (Å²) in [4.78, 5) is 23.4. The Kier molecular flexibility index (Phi) is 20.4. The maximum atomic E-state index is 12.1. The van der Waals surface area contributed by atoms with Gasteiger partial charge >= 0.3 is 29.6 Å². The number of carboxylic acids is 1. The molecule has 2 N–H and O–H groups in total. The van der Waals surface area contributed by atoms with Gasteiger partial charge in [0.1, 0.15) is 5.75 Å². The van der Waals surface area contributed by atoms with E-state index in [1.54, 1.807) is 12.1 Å². The fourth-order valence-corrected chi connectivity index (χ4v) is 3.68. The van der Waals surface area contributed by atoms with Crippen molar-refractivity contribution in [1.82, 2.24) is 5.32 Å². The number of amides is 1. The van der Waals surface area contributed by atoms with Crippen molar-refractivity contribution in [2.75, 3.05) is 0 Å². The first-order chi connectivity index (χ1) is 15.5. The Hall–Kier alpha value is -1.30. The number of benzene rings is 1. The molecule has 0 saturated carbocycles. The van der Waals surface area contributed by atoms with Crippen LogP contribution in [0, 0.1) is 0 Å². The van der Waals surface area contributed by atoms with Gasteiger partial charge in [-0.15, -0.1) is 0 Å². The Labute approximate surface area is 222 Å². The molecular formula is C27H42NNaO4. The fourth-order valence-electron chi connectivity index (χ4n) is 3.68. The quantitative estimate of drug-likeness (QED) is 0.185. The molecule has 1 aromatic carbocycles. The molecule has 1 aromatic rings. The predicted molar refractivity (Wildman–Crippen MR) is 128 cm³/mol. The van der Waals surface area contributed by atoms with Crippen LogP contribution in [0.1, 0.15) is 102 Å². The number of allylic oxidation sites excluding steroid dienone is 2. The number of carboxylic acid groups (broad SMARTS) is 1. The summed E-state index contributed by atoms with van der Waals surface area (Å²) >= 11 is 0. The van der Waals surface area contributed by atoms with E-state index in [-0.39, 0.29) is 47.6 Å². The van der Waals surface area contributed by atoms with Crippen molar-refractivity contribution in [2.45, 2.75) is 109 Å². The summed E-state index contributed by atoms with van der Waals surface area (Å²) in [5, 5.41) is 23.2.